The number of pyridine rings is 1. The van der Waals surface area contributed by atoms with Crippen molar-refractivity contribution in [3.05, 3.63) is 101 Å². The largest absolute Gasteiger partial charge is 0.272 e. The highest BCUT2D eigenvalue weighted by Gasteiger charge is 2.18. The number of rotatable bonds is 3. The molecule has 1 aromatic heterocycles. The standard InChI is InChI=1S/C25H18FN3O/c26-18-12-9-17(10-13-18)24-15-21(20-7-3-4-8-22(20)27-24)25(30)29-28-23-14-11-16-5-1-2-6-19(16)23/h1-10,12-13,15H,11,14H2,(H,29,30). The van der Waals surface area contributed by atoms with Crippen molar-refractivity contribution in [2.75, 3.05) is 0 Å². The second-order valence-corrected chi connectivity index (χ2v) is 7.24. The van der Waals surface area contributed by atoms with Crippen LogP contribution >= 0.6 is 0 Å². The van der Waals surface area contributed by atoms with Crippen LogP contribution in [0.4, 0.5) is 4.39 Å². The molecule has 0 aliphatic heterocycles. The molecule has 5 heteroatoms. The molecule has 0 fully saturated rings. The van der Waals surface area contributed by atoms with E-state index in [4.69, 9.17) is 0 Å². The van der Waals surface area contributed by atoms with Gasteiger partial charge < -0.3 is 0 Å². The number of hydrogen-bond donors (Lipinski definition) is 1. The van der Waals surface area contributed by atoms with Crippen LogP contribution in [-0.2, 0) is 6.42 Å². The molecule has 0 saturated heterocycles. The lowest BCUT2D eigenvalue weighted by Gasteiger charge is -2.09. The number of carbonyl (C=O) groups is 1. The van der Waals surface area contributed by atoms with E-state index in [0.29, 0.717) is 16.8 Å². The van der Waals surface area contributed by atoms with E-state index >= 15 is 0 Å². The van der Waals surface area contributed by atoms with Gasteiger partial charge in [0.25, 0.3) is 5.91 Å². The molecule has 146 valence electrons. The molecule has 1 aliphatic rings. The Morgan fingerprint density at radius 2 is 1.70 bits per heavy atom. The number of fused-ring (bicyclic) bond motifs is 2. The number of benzene rings is 3. The fourth-order valence-corrected chi connectivity index (χ4v) is 3.83. The number of nitrogens with zero attached hydrogens (tertiary/aromatic N) is 2. The van der Waals surface area contributed by atoms with E-state index < -0.39 is 0 Å². The Kier molecular flexibility index (Phi) is 4.56. The number of hydrazone groups is 1. The van der Waals surface area contributed by atoms with E-state index in [0.717, 1.165) is 35.1 Å². The highest BCUT2D eigenvalue weighted by molar-refractivity contribution is 6.09. The fraction of sp³-hybridized carbons (Fsp3) is 0.0800. The molecule has 0 spiro atoms. The monoisotopic (exact) mass is 395 g/mol. The average Bonchev–Trinajstić information content (AvgIpc) is 3.20. The first kappa shape index (κ1) is 18.2. The van der Waals surface area contributed by atoms with Crippen LogP contribution in [0.1, 0.15) is 27.9 Å². The third-order valence-electron chi connectivity index (χ3n) is 5.35. The first-order valence-corrected chi connectivity index (χ1v) is 9.80. The Hall–Kier alpha value is -3.86. The number of nitrogens with one attached hydrogen (secondary N) is 1. The molecular formula is C25H18FN3O. The van der Waals surface area contributed by atoms with Crippen molar-refractivity contribution in [2.24, 2.45) is 5.10 Å². The molecule has 0 radical (unpaired) electrons. The summed E-state index contributed by atoms with van der Waals surface area (Å²) >= 11 is 0. The summed E-state index contributed by atoms with van der Waals surface area (Å²) in [6, 6.07) is 23.4. The van der Waals surface area contributed by atoms with Crippen LogP contribution in [0.2, 0.25) is 0 Å². The maximum Gasteiger partial charge on any atom is 0.272 e. The summed E-state index contributed by atoms with van der Waals surface area (Å²) in [5.41, 5.74) is 8.48. The van der Waals surface area contributed by atoms with Crippen molar-refractivity contribution in [1.29, 1.82) is 0 Å². The SMILES string of the molecule is O=C(NN=C1CCc2ccccc21)c1cc(-c2ccc(F)cc2)nc2ccccc12. The van der Waals surface area contributed by atoms with E-state index in [-0.39, 0.29) is 11.7 Å². The van der Waals surface area contributed by atoms with Gasteiger partial charge in [0.2, 0.25) is 0 Å². The van der Waals surface area contributed by atoms with Crippen molar-refractivity contribution < 1.29 is 9.18 Å². The van der Waals surface area contributed by atoms with Crippen LogP contribution in [0.25, 0.3) is 22.2 Å². The van der Waals surface area contributed by atoms with Gasteiger partial charge >= 0.3 is 0 Å². The van der Waals surface area contributed by atoms with Gasteiger partial charge in [-0.15, -0.1) is 0 Å². The molecular weight excluding hydrogens is 377 g/mol. The number of para-hydroxylation sites is 1. The summed E-state index contributed by atoms with van der Waals surface area (Å²) < 4.78 is 13.3. The Morgan fingerprint density at radius 1 is 0.933 bits per heavy atom. The number of hydrogen-bond acceptors (Lipinski definition) is 3. The summed E-state index contributed by atoms with van der Waals surface area (Å²) in [6.07, 6.45) is 1.73. The zero-order chi connectivity index (χ0) is 20.5. The van der Waals surface area contributed by atoms with Crippen LogP contribution in [0, 0.1) is 5.82 Å². The summed E-state index contributed by atoms with van der Waals surface area (Å²) in [7, 11) is 0. The van der Waals surface area contributed by atoms with Gasteiger partial charge in [-0.05, 0) is 54.8 Å². The molecule has 0 bridgehead atoms. The third kappa shape index (κ3) is 3.35. The molecule has 1 amide bonds. The van der Waals surface area contributed by atoms with Crippen molar-refractivity contribution >= 4 is 22.5 Å². The fourth-order valence-electron chi connectivity index (χ4n) is 3.83. The van der Waals surface area contributed by atoms with Crippen LogP contribution < -0.4 is 5.43 Å². The number of aromatic nitrogens is 1. The lowest BCUT2D eigenvalue weighted by Crippen LogP contribution is -2.20. The molecule has 0 saturated carbocycles. The van der Waals surface area contributed by atoms with Gasteiger partial charge in [0.1, 0.15) is 5.82 Å². The summed E-state index contributed by atoms with van der Waals surface area (Å²) in [5, 5.41) is 5.15. The number of halogens is 1. The van der Waals surface area contributed by atoms with E-state index in [1.165, 1.54) is 17.7 Å². The quantitative estimate of drug-likeness (QED) is 0.490. The molecule has 0 unspecified atom stereocenters. The van der Waals surface area contributed by atoms with Gasteiger partial charge in [-0.2, -0.15) is 5.10 Å². The zero-order valence-electron chi connectivity index (χ0n) is 16.1. The Balaban J connectivity index is 1.52. The Morgan fingerprint density at radius 3 is 2.57 bits per heavy atom. The van der Waals surface area contributed by atoms with Gasteiger partial charge in [0.05, 0.1) is 22.5 Å². The lowest BCUT2D eigenvalue weighted by molar-refractivity contribution is 0.0956. The van der Waals surface area contributed by atoms with Gasteiger partial charge in [-0.25, -0.2) is 14.8 Å². The van der Waals surface area contributed by atoms with E-state index in [1.54, 1.807) is 18.2 Å². The molecule has 30 heavy (non-hydrogen) atoms. The molecule has 4 nitrogen and oxygen atoms in total. The smallest absolute Gasteiger partial charge is 0.267 e. The maximum absolute atomic E-state index is 13.3. The Bertz CT molecular complexity index is 1300. The molecule has 1 aliphatic carbocycles. The van der Waals surface area contributed by atoms with Crippen molar-refractivity contribution in [3.63, 3.8) is 0 Å². The highest BCUT2D eigenvalue weighted by atomic mass is 19.1. The van der Waals surface area contributed by atoms with E-state index in [9.17, 15) is 9.18 Å². The number of carbonyl (C=O) groups excluding carboxylic acids is 1. The minimum Gasteiger partial charge on any atom is -0.267 e. The summed E-state index contributed by atoms with van der Waals surface area (Å²) in [6.45, 7) is 0. The average molecular weight is 395 g/mol. The second kappa shape index (κ2) is 7.52. The molecule has 3 aromatic carbocycles. The number of amides is 1. The van der Waals surface area contributed by atoms with E-state index in [2.05, 4.69) is 21.6 Å². The predicted octanol–water partition coefficient (Wildman–Crippen LogP) is 5.12. The topological polar surface area (TPSA) is 54.4 Å². The zero-order valence-corrected chi connectivity index (χ0v) is 16.1. The van der Waals surface area contributed by atoms with Gasteiger partial charge in [-0.1, -0.05) is 42.5 Å². The lowest BCUT2D eigenvalue weighted by atomic mass is 10.0. The first-order valence-electron chi connectivity index (χ1n) is 9.80. The van der Waals surface area contributed by atoms with Crippen molar-refractivity contribution in [1.82, 2.24) is 10.4 Å². The van der Waals surface area contributed by atoms with Crippen LogP contribution in [0.15, 0.2) is 84.0 Å². The maximum atomic E-state index is 13.3. The van der Waals surface area contributed by atoms with Crippen LogP contribution in [0.5, 0.6) is 0 Å². The molecule has 1 N–H and O–H groups in total. The normalized spacial score (nSPS) is 14.1. The molecule has 1 heterocycles. The summed E-state index contributed by atoms with van der Waals surface area (Å²) in [5.74, 6) is -0.612. The van der Waals surface area contributed by atoms with Crippen molar-refractivity contribution in [3.8, 4) is 11.3 Å². The van der Waals surface area contributed by atoms with Crippen LogP contribution in [0.3, 0.4) is 0 Å². The van der Waals surface area contributed by atoms with E-state index in [1.807, 2.05) is 42.5 Å². The minimum absolute atomic E-state index is 0.297. The molecule has 4 aromatic rings. The molecule has 0 atom stereocenters. The van der Waals surface area contributed by atoms with Gasteiger partial charge in [0.15, 0.2) is 0 Å². The first-order chi connectivity index (χ1) is 14.7. The Labute approximate surface area is 173 Å². The van der Waals surface area contributed by atoms with Crippen LogP contribution in [-0.4, -0.2) is 16.6 Å². The molecule has 5 rings (SSSR count). The second-order valence-electron chi connectivity index (χ2n) is 7.24. The van der Waals surface area contributed by atoms with Gasteiger partial charge in [-0.3, -0.25) is 4.79 Å². The highest BCUT2D eigenvalue weighted by Crippen LogP contribution is 2.26. The van der Waals surface area contributed by atoms with Crippen molar-refractivity contribution in [2.45, 2.75) is 12.8 Å². The predicted molar refractivity (Wildman–Crippen MR) is 116 cm³/mol. The summed E-state index contributed by atoms with van der Waals surface area (Å²) in [4.78, 5) is 17.7. The third-order valence-corrected chi connectivity index (χ3v) is 5.35. The number of aryl methyl sites for hydroxylation is 1. The minimum atomic E-state index is -0.315. The van der Waals surface area contributed by atoms with Gasteiger partial charge in [0, 0.05) is 16.5 Å².